The smallest absolute Gasteiger partial charge is 0.410 e. The molecule has 3 aromatic carbocycles. The van der Waals surface area contributed by atoms with Crippen molar-refractivity contribution in [2.45, 2.75) is 82.3 Å². The number of alkyl halides is 1. The zero-order chi connectivity index (χ0) is 34.1. The molecule has 0 unspecified atom stereocenters. The summed E-state index contributed by atoms with van der Waals surface area (Å²) < 4.78 is 41.7. The van der Waals surface area contributed by atoms with Gasteiger partial charge in [0, 0.05) is 48.9 Å². The van der Waals surface area contributed by atoms with Crippen molar-refractivity contribution in [2.75, 3.05) is 37.7 Å². The Kier molecular flexibility index (Phi) is 7.67. The number of likely N-dealkylation sites (tertiary alicyclic amines) is 1. The molecule has 10 heteroatoms. The normalized spacial score (nSPS) is 25.2. The lowest BCUT2D eigenvalue weighted by Crippen LogP contribution is -2.56. The predicted octanol–water partition coefficient (Wildman–Crippen LogP) is 7.11. The van der Waals surface area contributed by atoms with Crippen molar-refractivity contribution in [3.8, 4) is 29.5 Å². The standard InChI is InChI=1S/C39H41F2N5O3/c1-5-29-32(41)15-11-24-8-6-9-30(34(24)29)25-10-14-31-33(18-25)42-36(48-23-39-16-7-17-45(39)20-26(40)19-39)43-35(31)46-27-12-13-28(46)22-44(21-27)37(47)49-38(2,3)4/h1,6,8-11,14-15,18,26-28H,7,12-13,16-17,19-23H2,2-4H3/t26-,27-,28+,39+/m1/s1. The number of piperazine rings is 1. The van der Waals surface area contributed by atoms with E-state index < -0.39 is 17.6 Å². The second-order valence-electron chi connectivity index (χ2n) is 15.1. The van der Waals surface area contributed by atoms with E-state index >= 15 is 0 Å². The van der Waals surface area contributed by atoms with Gasteiger partial charge in [0.25, 0.3) is 0 Å². The third kappa shape index (κ3) is 5.62. The Balaban J connectivity index is 1.20. The van der Waals surface area contributed by atoms with Gasteiger partial charge in [-0.25, -0.2) is 13.6 Å². The van der Waals surface area contributed by atoms with Gasteiger partial charge in [0.1, 0.15) is 30.0 Å². The zero-order valence-corrected chi connectivity index (χ0v) is 28.2. The van der Waals surface area contributed by atoms with E-state index in [4.69, 9.17) is 25.9 Å². The van der Waals surface area contributed by atoms with Gasteiger partial charge in [0.15, 0.2) is 0 Å². The van der Waals surface area contributed by atoms with E-state index in [9.17, 15) is 13.6 Å². The number of carbonyl (C=O) groups excluding carboxylic acids is 1. The number of carbonyl (C=O) groups is 1. The molecule has 8 nitrogen and oxygen atoms in total. The van der Waals surface area contributed by atoms with Gasteiger partial charge in [-0.15, -0.1) is 6.42 Å². The lowest BCUT2D eigenvalue weighted by Gasteiger charge is -2.42. The van der Waals surface area contributed by atoms with Crippen LogP contribution in [0.2, 0.25) is 0 Å². The quantitative estimate of drug-likeness (QED) is 0.211. The number of halogens is 2. The van der Waals surface area contributed by atoms with Crippen LogP contribution in [-0.2, 0) is 4.74 Å². The highest BCUT2D eigenvalue weighted by atomic mass is 19.1. The summed E-state index contributed by atoms with van der Waals surface area (Å²) in [5.74, 6) is 2.88. The molecule has 1 amide bonds. The van der Waals surface area contributed by atoms with Gasteiger partial charge in [-0.1, -0.05) is 36.3 Å². The van der Waals surface area contributed by atoms with Gasteiger partial charge < -0.3 is 19.3 Å². The lowest BCUT2D eigenvalue weighted by atomic mass is 9.94. The van der Waals surface area contributed by atoms with E-state index in [-0.39, 0.29) is 35.3 Å². The fourth-order valence-electron chi connectivity index (χ4n) is 8.63. The van der Waals surface area contributed by atoms with Gasteiger partial charge in [0.05, 0.1) is 16.6 Å². The third-order valence-electron chi connectivity index (χ3n) is 10.7. The van der Waals surface area contributed by atoms with Crippen molar-refractivity contribution >= 4 is 33.6 Å². The summed E-state index contributed by atoms with van der Waals surface area (Å²) in [5.41, 5.74) is 1.62. The van der Waals surface area contributed by atoms with Crippen molar-refractivity contribution < 1.29 is 23.0 Å². The summed E-state index contributed by atoms with van der Waals surface area (Å²) in [6, 6.07) is 15.3. The Labute approximate surface area is 285 Å². The topological polar surface area (TPSA) is 71.0 Å². The molecule has 4 aliphatic heterocycles. The molecular formula is C39H41F2N5O3. The summed E-state index contributed by atoms with van der Waals surface area (Å²) >= 11 is 0. The molecule has 0 radical (unpaired) electrons. The second-order valence-corrected chi connectivity index (χ2v) is 15.1. The Morgan fingerprint density at radius 2 is 1.88 bits per heavy atom. The molecule has 0 saturated carbocycles. The van der Waals surface area contributed by atoms with E-state index in [0.29, 0.717) is 43.6 Å². The lowest BCUT2D eigenvalue weighted by molar-refractivity contribution is 0.0209. The molecular weight excluding hydrogens is 624 g/mol. The molecule has 4 fully saturated rings. The maximum absolute atomic E-state index is 14.9. The Hall–Kier alpha value is -4.49. The monoisotopic (exact) mass is 665 g/mol. The van der Waals surface area contributed by atoms with E-state index in [1.54, 1.807) is 6.07 Å². The minimum absolute atomic E-state index is 0.0437. The first-order valence-corrected chi connectivity index (χ1v) is 17.3. The van der Waals surface area contributed by atoms with Crippen LogP contribution in [0.25, 0.3) is 32.8 Å². The van der Waals surface area contributed by atoms with Crippen LogP contribution in [0.5, 0.6) is 6.01 Å². The first kappa shape index (κ1) is 31.8. The minimum Gasteiger partial charge on any atom is -0.461 e. The van der Waals surface area contributed by atoms with E-state index in [1.165, 1.54) is 6.07 Å². The molecule has 4 saturated heterocycles. The molecule has 254 valence electrons. The van der Waals surface area contributed by atoms with Crippen LogP contribution in [0.15, 0.2) is 48.5 Å². The van der Waals surface area contributed by atoms with Crippen molar-refractivity contribution in [2.24, 2.45) is 0 Å². The van der Waals surface area contributed by atoms with Crippen LogP contribution in [0, 0.1) is 18.2 Å². The molecule has 4 atom stereocenters. The Bertz CT molecular complexity index is 1990. The summed E-state index contributed by atoms with van der Waals surface area (Å²) in [6.07, 6.45) is 8.81. The maximum atomic E-state index is 14.9. The number of aromatic nitrogens is 2. The molecule has 0 aliphatic carbocycles. The van der Waals surface area contributed by atoms with Crippen molar-refractivity contribution in [3.63, 3.8) is 0 Å². The van der Waals surface area contributed by atoms with Gasteiger partial charge in [0.2, 0.25) is 0 Å². The first-order chi connectivity index (χ1) is 23.5. The fraction of sp³-hybridized carbons (Fsp3) is 0.462. The molecule has 5 heterocycles. The predicted molar refractivity (Wildman–Crippen MR) is 186 cm³/mol. The van der Waals surface area contributed by atoms with Gasteiger partial charge >= 0.3 is 12.1 Å². The van der Waals surface area contributed by atoms with E-state index in [0.717, 1.165) is 59.9 Å². The number of hydrogen-bond donors (Lipinski definition) is 0. The highest BCUT2D eigenvalue weighted by Crippen LogP contribution is 2.43. The van der Waals surface area contributed by atoms with Crippen LogP contribution >= 0.6 is 0 Å². The average Bonchev–Trinajstić information content (AvgIpc) is 3.68. The van der Waals surface area contributed by atoms with Crippen LogP contribution in [0.3, 0.4) is 0 Å². The molecule has 4 aliphatic rings. The summed E-state index contributed by atoms with van der Waals surface area (Å²) in [5, 5.41) is 2.38. The zero-order valence-electron chi connectivity index (χ0n) is 28.2. The number of terminal acetylenes is 1. The average molecular weight is 666 g/mol. The highest BCUT2D eigenvalue weighted by Gasteiger charge is 2.49. The van der Waals surface area contributed by atoms with Crippen molar-refractivity contribution in [1.29, 1.82) is 0 Å². The van der Waals surface area contributed by atoms with E-state index in [1.807, 2.05) is 62.1 Å². The van der Waals surface area contributed by atoms with Gasteiger partial charge in [-0.2, -0.15) is 9.97 Å². The first-order valence-electron chi connectivity index (χ1n) is 17.3. The molecule has 2 bridgehead atoms. The number of anilines is 1. The van der Waals surface area contributed by atoms with Gasteiger partial charge in [-0.05, 0) is 87.7 Å². The number of nitrogens with zero attached hydrogens (tertiary/aromatic N) is 5. The molecule has 0 N–H and O–H groups in total. The molecule has 8 rings (SSSR count). The molecule has 4 aromatic rings. The molecule has 49 heavy (non-hydrogen) atoms. The number of ether oxygens (including phenoxy) is 2. The number of benzene rings is 3. The van der Waals surface area contributed by atoms with Gasteiger partial charge in [-0.3, -0.25) is 4.90 Å². The van der Waals surface area contributed by atoms with Crippen molar-refractivity contribution in [1.82, 2.24) is 19.8 Å². The number of rotatable bonds is 5. The fourth-order valence-corrected chi connectivity index (χ4v) is 8.63. The van der Waals surface area contributed by atoms with Crippen molar-refractivity contribution in [3.05, 3.63) is 59.9 Å². The summed E-state index contributed by atoms with van der Waals surface area (Å²) in [7, 11) is 0. The summed E-state index contributed by atoms with van der Waals surface area (Å²) in [6.45, 7) is 8.31. The number of fused-ring (bicyclic) bond motifs is 5. The minimum atomic E-state index is -0.866. The van der Waals surface area contributed by atoms with Crippen LogP contribution in [0.4, 0.5) is 19.4 Å². The maximum Gasteiger partial charge on any atom is 0.410 e. The second kappa shape index (κ2) is 11.8. The molecule has 0 spiro atoms. The van der Waals surface area contributed by atoms with Crippen LogP contribution < -0.4 is 9.64 Å². The largest absolute Gasteiger partial charge is 0.461 e. The Morgan fingerprint density at radius 1 is 1.08 bits per heavy atom. The number of hydrogen-bond acceptors (Lipinski definition) is 7. The SMILES string of the molecule is C#Cc1c(F)ccc2cccc(-c3ccc4c(N5[C@@H]6CC[C@H]5CN(C(=O)OC(C)(C)C)C6)nc(OC[C@@]56CCCN5C[C@H](F)C6)nc4c3)c12. The summed E-state index contributed by atoms with van der Waals surface area (Å²) in [4.78, 5) is 29.4. The number of amides is 1. The van der Waals surface area contributed by atoms with Crippen LogP contribution in [-0.4, -0.2) is 88.0 Å². The Morgan fingerprint density at radius 3 is 2.63 bits per heavy atom. The van der Waals surface area contributed by atoms with Crippen LogP contribution in [0.1, 0.15) is 58.4 Å². The third-order valence-corrected chi connectivity index (χ3v) is 10.7. The molecule has 1 aromatic heterocycles. The highest BCUT2D eigenvalue weighted by molar-refractivity contribution is 6.03. The van der Waals surface area contributed by atoms with E-state index in [2.05, 4.69) is 15.7 Å².